The molecule has 0 bridgehead atoms. The monoisotopic (exact) mass is 587 g/mol. The molecule has 43 heavy (non-hydrogen) atoms. The third kappa shape index (κ3) is 5.89. The van der Waals surface area contributed by atoms with Crippen LogP contribution in [0.1, 0.15) is 47.8 Å². The van der Waals surface area contributed by atoms with Gasteiger partial charge in [-0.15, -0.1) is 5.10 Å². The van der Waals surface area contributed by atoms with Gasteiger partial charge in [-0.25, -0.2) is 9.07 Å². The highest BCUT2D eigenvalue weighted by atomic mass is 35.5. The summed E-state index contributed by atoms with van der Waals surface area (Å²) in [6, 6.07) is 31.5. The van der Waals surface area contributed by atoms with E-state index >= 15 is 0 Å². The van der Waals surface area contributed by atoms with Gasteiger partial charge in [0.05, 0.1) is 45.8 Å². The first kappa shape index (κ1) is 27.9. The summed E-state index contributed by atoms with van der Waals surface area (Å²) in [4.78, 5) is 4.51. The summed E-state index contributed by atoms with van der Waals surface area (Å²) in [5.74, 6) is -0.334. The first-order chi connectivity index (χ1) is 21.0. The molecule has 0 aliphatic carbocycles. The molecule has 0 spiro atoms. The Labute approximate surface area is 253 Å². The third-order valence-corrected chi connectivity index (χ3v) is 7.60. The smallest absolute Gasteiger partial charge is 0.123 e. The van der Waals surface area contributed by atoms with Crippen LogP contribution in [0.3, 0.4) is 0 Å². The van der Waals surface area contributed by atoms with E-state index in [1.807, 2.05) is 60.8 Å². The lowest BCUT2D eigenvalue weighted by atomic mass is 10.0. The van der Waals surface area contributed by atoms with E-state index in [2.05, 4.69) is 51.1 Å². The van der Waals surface area contributed by atoms with Gasteiger partial charge in [0.15, 0.2) is 0 Å². The van der Waals surface area contributed by atoms with Gasteiger partial charge < -0.3 is 10.6 Å². The number of aromatic nitrogens is 4. The molecule has 0 saturated carbocycles. The first-order valence-corrected chi connectivity index (χ1v) is 14.3. The van der Waals surface area contributed by atoms with Crippen LogP contribution in [0.25, 0.3) is 16.6 Å². The van der Waals surface area contributed by atoms with E-state index in [9.17, 15) is 9.65 Å². The standard InChI is InChI=1S/C34H27ClFN7/c1-2-30(22-9-5-3-6-10-22)40-32-24(19-37)20-38-34-28(32)17-26(18-29(34)35)39-33(23-13-15-25(36)16-14-23)31-21-43(42-41-31)27-11-7-4-8-12-27/h3-18,20-21,30,33,39H,2H2,1H3,(H,38,40). The number of nitriles is 1. The molecule has 2 N–H and O–H groups in total. The zero-order valence-corrected chi connectivity index (χ0v) is 24.0. The van der Waals surface area contributed by atoms with Gasteiger partial charge in [0.25, 0.3) is 0 Å². The van der Waals surface area contributed by atoms with Crippen LogP contribution >= 0.6 is 11.6 Å². The van der Waals surface area contributed by atoms with E-state index in [0.717, 1.165) is 23.2 Å². The Morgan fingerprint density at radius 1 is 0.930 bits per heavy atom. The average molecular weight is 588 g/mol. The highest BCUT2D eigenvalue weighted by molar-refractivity contribution is 6.35. The number of hydrogen-bond acceptors (Lipinski definition) is 6. The minimum Gasteiger partial charge on any atom is -0.377 e. The molecule has 2 atom stereocenters. The van der Waals surface area contributed by atoms with Crippen molar-refractivity contribution < 1.29 is 4.39 Å². The van der Waals surface area contributed by atoms with Crippen LogP contribution in [0.15, 0.2) is 109 Å². The van der Waals surface area contributed by atoms with Crippen LogP contribution < -0.4 is 10.6 Å². The van der Waals surface area contributed by atoms with Crippen molar-refractivity contribution >= 4 is 33.9 Å². The Kier molecular flexibility index (Phi) is 7.98. The normalized spacial score (nSPS) is 12.4. The zero-order valence-electron chi connectivity index (χ0n) is 23.2. The maximum Gasteiger partial charge on any atom is 0.123 e. The molecule has 2 heterocycles. The highest BCUT2D eigenvalue weighted by Crippen LogP contribution is 2.37. The molecule has 0 amide bonds. The number of para-hydroxylation sites is 1. The minimum atomic E-state index is -0.484. The Morgan fingerprint density at radius 2 is 1.65 bits per heavy atom. The molecule has 9 heteroatoms. The van der Waals surface area contributed by atoms with E-state index in [0.29, 0.717) is 38.6 Å². The van der Waals surface area contributed by atoms with Crippen LogP contribution in [0.4, 0.5) is 15.8 Å². The summed E-state index contributed by atoms with van der Waals surface area (Å²) in [5.41, 5.74) is 5.70. The van der Waals surface area contributed by atoms with Gasteiger partial charge in [-0.3, -0.25) is 4.98 Å². The molecule has 0 saturated heterocycles. The van der Waals surface area contributed by atoms with E-state index < -0.39 is 6.04 Å². The largest absolute Gasteiger partial charge is 0.377 e. The number of hydrogen-bond donors (Lipinski definition) is 2. The lowest BCUT2D eigenvalue weighted by Crippen LogP contribution is -2.14. The summed E-state index contributed by atoms with van der Waals surface area (Å²) in [7, 11) is 0. The number of fused-ring (bicyclic) bond motifs is 1. The van der Waals surface area contributed by atoms with Crippen molar-refractivity contribution in [2.45, 2.75) is 25.4 Å². The lowest BCUT2D eigenvalue weighted by molar-refractivity contribution is 0.626. The minimum absolute atomic E-state index is 0.0331. The first-order valence-electron chi connectivity index (χ1n) is 13.9. The quantitative estimate of drug-likeness (QED) is 0.177. The predicted octanol–water partition coefficient (Wildman–Crippen LogP) is 8.24. The second-order valence-corrected chi connectivity index (χ2v) is 10.5. The molecular formula is C34H27ClFN7. The highest BCUT2D eigenvalue weighted by Gasteiger charge is 2.21. The summed E-state index contributed by atoms with van der Waals surface area (Å²) in [6.45, 7) is 2.09. The van der Waals surface area contributed by atoms with Crippen LogP contribution in [0.2, 0.25) is 5.02 Å². The second kappa shape index (κ2) is 12.3. The lowest BCUT2D eigenvalue weighted by Gasteiger charge is -2.22. The number of benzene rings is 4. The van der Waals surface area contributed by atoms with E-state index in [1.54, 1.807) is 29.1 Å². The number of rotatable bonds is 9. The molecule has 0 radical (unpaired) electrons. The number of anilines is 2. The number of halogens is 2. The Morgan fingerprint density at radius 3 is 2.35 bits per heavy atom. The van der Waals surface area contributed by atoms with Crippen molar-refractivity contribution in [3.8, 4) is 11.8 Å². The van der Waals surface area contributed by atoms with Crippen LogP contribution in [-0.2, 0) is 0 Å². The van der Waals surface area contributed by atoms with Crippen molar-refractivity contribution in [2.24, 2.45) is 0 Å². The van der Waals surface area contributed by atoms with E-state index in [4.69, 9.17) is 11.6 Å². The fourth-order valence-corrected chi connectivity index (χ4v) is 5.40. The molecule has 2 aromatic heterocycles. The molecule has 6 rings (SSSR count). The molecule has 7 nitrogen and oxygen atoms in total. The van der Waals surface area contributed by atoms with Gasteiger partial charge >= 0.3 is 0 Å². The zero-order chi connectivity index (χ0) is 29.8. The van der Waals surface area contributed by atoms with Gasteiger partial charge in [0, 0.05) is 17.3 Å². The summed E-state index contributed by atoms with van der Waals surface area (Å²) < 4.78 is 15.6. The van der Waals surface area contributed by atoms with Crippen LogP contribution in [0.5, 0.6) is 0 Å². The average Bonchev–Trinajstić information content (AvgIpc) is 3.54. The topological polar surface area (TPSA) is 91.5 Å². The second-order valence-electron chi connectivity index (χ2n) is 10.1. The molecule has 0 aliphatic rings. The Balaban J connectivity index is 1.43. The van der Waals surface area contributed by atoms with Crippen molar-refractivity contribution in [1.29, 1.82) is 5.26 Å². The van der Waals surface area contributed by atoms with Gasteiger partial charge in [-0.1, -0.05) is 84.4 Å². The van der Waals surface area contributed by atoms with Crippen LogP contribution in [0, 0.1) is 17.1 Å². The SMILES string of the molecule is CCC(Nc1c(C#N)cnc2c(Cl)cc(NC(c3ccc(F)cc3)c3cn(-c4ccccc4)nn3)cc12)c1ccccc1. The summed E-state index contributed by atoms with van der Waals surface area (Å²) >= 11 is 6.80. The fraction of sp³-hybridized carbons (Fsp3) is 0.118. The number of nitrogens with one attached hydrogen (secondary N) is 2. The van der Waals surface area contributed by atoms with Crippen molar-refractivity contribution in [3.63, 3.8) is 0 Å². The molecular weight excluding hydrogens is 561 g/mol. The van der Waals surface area contributed by atoms with Crippen molar-refractivity contribution in [3.05, 3.63) is 143 Å². The third-order valence-electron chi connectivity index (χ3n) is 7.32. The predicted molar refractivity (Wildman–Crippen MR) is 168 cm³/mol. The van der Waals surface area contributed by atoms with Crippen molar-refractivity contribution in [1.82, 2.24) is 20.0 Å². The number of pyridine rings is 1. The van der Waals surface area contributed by atoms with E-state index in [-0.39, 0.29) is 11.9 Å². The fourth-order valence-electron chi connectivity index (χ4n) is 5.13. The molecule has 2 unspecified atom stereocenters. The Bertz CT molecular complexity index is 1900. The van der Waals surface area contributed by atoms with Gasteiger partial charge in [0.1, 0.15) is 17.6 Å². The van der Waals surface area contributed by atoms with Crippen LogP contribution in [-0.4, -0.2) is 20.0 Å². The molecule has 4 aromatic carbocycles. The molecule has 6 aromatic rings. The number of nitrogens with zero attached hydrogens (tertiary/aromatic N) is 5. The van der Waals surface area contributed by atoms with Crippen molar-refractivity contribution in [2.75, 3.05) is 10.6 Å². The summed E-state index contributed by atoms with van der Waals surface area (Å²) in [6.07, 6.45) is 4.19. The van der Waals surface area contributed by atoms with Gasteiger partial charge in [-0.05, 0) is 53.9 Å². The summed E-state index contributed by atoms with van der Waals surface area (Å²) in [5, 5.41) is 27.0. The van der Waals surface area contributed by atoms with E-state index in [1.165, 1.54) is 12.1 Å². The molecule has 0 fully saturated rings. The molecule has 0 aliphatic heterocycles. The van der Waals surface area contributed by atoms with Gasteiger partial charge in [-0.2, -0.15) is 5.26 Å². The maximum absolute atomic E-state index is 13.9. The molecule has 212 valence electrons. The Hall–Kier alpha value is -5.26. The maximum atomic E-state index is 13.9. The van der Waals surface area contributed by atoms with Gasteiger partial charge in [0.2, 0.25) is 0 Å².